The fourth-order valence-electron chi connectivity index (χ4n) is 17.1. The summed E-state index contributed by atoms with van der Waals surface area (Å²) in [6, 6.07) is 171. The molecule has 22 rings (SSSR count). The van der Waals surface area contributed by atoms with Crippen molar-refractivity contribution in [1.82, 2.24) is 29.9 Å². The minimum atomic E-state index is 0.658. The molecule has 0 aliphatic carbocycles. The number of hydrogen-bond donors (Lipinski definition) is 0. The van der Waals surface area contributed by atoms with Crippen molar-refractivity contribution < 1.29 is 0 Å². The first-order valence-corrected chi connectivity index (χ1v) is 43.8. The Morgan fingerprint density at radius 3 is 0.568 bits per heavy atom. The van der Waals surface area contributed by atoms with E-state index in [1.165, 1.54) is 49.0 Å². The van der Waals surface area contributed by atoms with Gasteiger partial charge in [-0.3, -0.25) is 0 Å². The molecule has 132 heavy (non-hydrogen) atoms. The van der Waals surface area contributed by atoms with Gasteiger partial charge in [0.25, 0.3) is 0 Å². The quantitative estimate of drug-likeness (QED) is 0.0921. The van der Waals surface area contributed by atoms with Gasteiger partial charge in [-0.15, -0.1) is 0 Å². The highest BCUT2D eigenvalue weighted by Crippen LogP contribution is 2.43. The van der Waals surface area contributed by atoms with Gasteiger partial charge in [0, 0.05) is 50.1 Å². The summed E-state index contributed by atoms with van der Waals surface area (Å²) < 4.78 is 0. The second kappa shape index (κ2) is 37.8. The van der Waals surface area contributed by atoms with Crippen molar-refractivity contribution in [2.45, 2.75) is 0 Å². The lowest BCUT2D eigenvalue weighted by Crippen LogP contribution is -1.96. The van der Waals surface area contributed by atoms with Crippen LogP contribution in [0.3, 0.4) is 0 Å². The molecule has 9 heteroatoms. The maximum Gasteiger partial charge on any atom is 0.160 e. The van der Waals surface area contributed by atoms with E-state index in [0.29, 0.717) is 34.2 Å². The van der Waals surface area contributed by atoms with Crippen LogP contribution in [0, 0.1) is 34.0 Å². The van der Waals surface area contributed by atoms with E-state index in [2.05, 4.69) is 315 Å². The fraction of sp³-hybridized carbons (Fsp3) is 0. The Morgan fingerprint density at radius 2 is 0.303 bits per heavy atom. The molecule has 0 spiro atoms. The van der Waals surface area contributed by atoms with Crippen molar-refractivity contribution in [2.24, 2.45) is 0 Å². The highest BCUT2D eigenvalue weighted by molar-refractivity contribution is 6.08. The normalized spacial score (nSPS) is 10.9. The summed E-state index contributed by atoms with van der Waals surface area (Å²) in [4.78, 5) is 30.0. The third-order valence-electron chi connectivity index (χ3n) is 23.9. The van der Waals surface area contributed by atoms with E-state index in [1.807, 2.05) is 182 Å². The number of hydrogen-bond acceptors (Lipinski definition) is 9. The Balaban J connectivity index is 0.000000124. The summed E-state index contributed by atoms with van der Waals surface area (Å²) in [5.41, 5.74) is 32.5. The molecular weight excluding hydrogens is 1600 g/mol. The van der Waals surface area contributed by atoms with Gasteiger partial charge in [-0.1, -0.05) is 419 Å². The summed E-state index contributed by atoms with van der Waals surface area (Å²) >= 11 is 0. The van der Waals surface area contributed by atoms with Gasteiger partial charge in [-0.2, -0.15) is 15.8 Å². The Bertz CT molecular complexity index is 7890. The van der Waals surface area contributed by atoms with E-state index in [4.69, 9.17) is 35.2 Å². The molecule has 616 valence electrons. The predicted molar refractivity (Wildman–Crippen MR) is 540 cm³/mol. The Kier molecular flexibility index (Phi) is 23.5. The zero-order chi connectivity index (χ0) is 88.9. The van der Waals surface area contributed by atoms with Gasteiger partial charge in [-0.05, 0) is 171 Å². The molecule has 0 N–H and O–H groups in total. The molecule has 0 bridgehead atoms. The van der Waals surface area contributed by atoms with Crippen LogP contribution in [-0.2, 0) is 0 Å². The highest BCUT2D eigenvalue weighted by atomic mass is 14.9. The summed E-state index contributed by atoms with van der Waals surface area (Å²) in [6.45, 7) is 0. The lowest BCUT2D eigenvalue weighted by atomic mass is 9.91. The monoisotopic (exact) mass is 1680 g/mol. The standard InChI is InChI=1S/C45H29N3.2C39H25N3/c46-30-31-15-17-32(18-16-31)33-19-21-34(22-20-33)39-27-28-40(42-14-8-7-13-41(39)42)35-23-25-37(26-24-35)44-29-43(36-9-3-1-4-10-36)47-45(48-44)38-11-5-2-6-12-38;40-26-27-18-20-28(21-19-27)33-22-23-34(36-17-8-7-16-35(33)36)31-14-9-15-32(24-31)39-41-37(29-10-3-1-4-11-29)25-38(42-39)30-12-5-2-6-13-30;40-26-27-15-17-28(18-16-27)33-23-24-34(36-14-8-7-13-35(33)36)29-19-21-32(22-20-29)39-41-37(30-9-3-1-4-10-30)25-38(42-39)31-11-5-2-6-12-31/h1-29H;2*1-25H. The third kappa shape index (κ3) is 17.7. The van der Waals surface area contributed by atoms with Crippen LogP contribution in [0.5, 0.6) is 0 Å². The number of rotatable bonds is 16. The van der Waals surface area contributed by atoms with Crippen molar-refractivity contribution in [3.8, 4) is 198 Å². The fourth-order valence-corrected chi connectivity index (χ4v) is 17.1. The Hall–Kier alpha value is -18.3. The number of nitrogens with zero attached hydrogens (tertiary/aromatic N) is 9. The number of aromatic nitrogens is 6. The van der Waals surface area contributed by atoms with Crippen LogP contribution in [0.25, 0.3) is 212 Å². The van der Waals surface area contributed by atoms with Crippen molar-refractivity contribution in [1.29, 1.82) is 15.8 Å². The van der Waals surface area contributed by atoms with E-state index >= 15 is 0 Å². The molecule has 9 nitrogen and oxygen atoms in total. The summed E-state index contributed by atoms with van der Waals surface area (Å²) in [7, 11) is 0. The van der Waals surface area contributed by atoms with Gasteiger partial charge >= 0.3 is 0 Å². The van der Waals surface area contributed by atoms with Crippen LogP contribution in [0.1, 0.15) is 16.7 Å². The number of nitriles is 3. The number of fused-ring (bicyclic) bond motifs is 3. The number of benzene rings is 19. The van der Waals surface area contributed by atoms with Crippen LogP contribution >= 0.6 is 0 Å². The SMILES string of the molecule is N#Cc1ccc(-c2ccc(-c3ccc(-c4ccc(-c5cc(-c6ccccc6)nc(-c6ccccc6)n5)cc4)c4ccccc34)cc2)cc1.N#Cc1ccc(-c2ccc(-c3ccc(-c4nc(-c5ccccc5)cc(-c5ccccc5)n4)cc3)c3ccccc23)cc1.N#Cc1ccc(-c2ccc(-c3cccc(-c4nc(-c5ccccc5)cc(-c5ccccc5)n4)c3)c3ccccc23)cc1. The molecule has 0 saturated carbocycles. The highest BCUT2D eigenvalue weighted by Gasteiger charge is 2.20. The average molecular weight is 1680 g/mol. The zero-order valence-corrected chi connectivity index (χ0v) is 71.6. The molecule has 0 aliphatic heterocycles. The first kappa shape index (κ1) is 82.0. The zero-order valence-electron chi connectivity index (χ0n) is 71.6. The van der Waals surface area contributed by atoms with Gasteiger partial charge in [-0.25, -0.2) is 29.9 Å². The molecule has 3 heterocycles. The summed E-state index contributed by atoms with van der Waals surface area (Å²) in [6.07, 6.45) is 0. The maximum atomic E-state index is 9.23. The molecule has 0 aliphatic rings. The molecule has 0 saturated heterocycles. The molecule has 0 fully saturated rings. The van der Waals surface area contributed by atoms with Crippen LogP contribution in [0.4, 0.5) is 0 Å². The predicted octanol–water partition coefficient (Wildman–Crippen LogP) is 31.2. The molecule has 0 unspecified atom stereocenters. The topological polar surface area (TPSA) is 149 Å². The van der Waals surface area contributed by atoms with Gasteiger partial charge < -0.3 is 0 Å². The second-order valence-electron chi connectivity index (χ2n) is 32.1. The third-order valence-corrected chi connectivity index (χ3v) is 23.9. The molecule has 3 aromatic heterocycles. The molecular formula is C123H79N9. The lowest BCUT2D eigenvalue weighted by Gasteiger charge is -2.14. The maximum absolute atomic E-state index is 9.23. The van der Waals surface area contributed by atoms with Crippen LogP contribution in [0.2, 0.25) is 0 Å². The first-order valence-electron chi connectivity index (χ1n) is 43.8. The van der Waals surface area contributed by atoms with Gasteiger partial charge in [0.1, 0.15) is 0 Å². The molecule has 0 atom stereocenters. The summed E-state index contributed by atoms with van der Waals surface area (Å²) in [5.74, 6) is 2.10. The van der Waals surface area contributed by atoms with E-state index in [1.54, 1.807) is 0 Å². The lowest BCUT2D eigenvalue weighted by molar-refractivity contribution is 1.18. The van der Waals surface area contributed by atoms with E-state index in [9.17, 15) is 10.5 Å². The van der Waals surface area contributed by atoms with Crippen molar-refractivity contribution in [3.05, 3.63) is 496 Å². The first-order chi connectivity index (χ1) is 65.3. The Labute approximate surface area is 766 Å². The van der Waals surface area contributed by atoms with Gasteiger partial charge in [0.05, 0.1) is 69.1 Å². The van der Waals surface area contributed by atoms with Gasteiger partial charge in [0.2, 0.25) is 0 Å². The van der Waals surface area contributed by atoms with E-state index < -0.39 is 0 Å². The molecule has 0 amide bonds. The average Bonchev–Trinajstić information content (AvgIpc) is 0.776. The van der Waals surface area contributed by atoms with Crippen molar-refractivity contribution >= 4 is 32.3 Å². The van der Waals surface area contributed by atoms with Crippen molar-refractivity contribution in [3.63, 3.8) is 0 Å². The minimum absolute atomic E-state index is 0.658. The smallest absolute Gasteiger partial charge is 0.160 e. The van der Waals surface area contributed by atoms with Crippen molar-refractivity contribution in [2.75, 3.05) is 0 Å². The van der Waals surface area contributed by atoms with E-state index in [-0.39, 0.29) is 0 Å². The minimum Gasteiger partial charge on any atom is -0.228 e. The Morgan fingerprint density at radius 1 is 0.129 bits per heavy atom. The van der Waals surface area contributed by atoms with E-state index in [0.717, 1.165) is 145 Å². The second-order valence-corrected chi connectivity index (χ2v) is 32.1. The molecule has 22 aromatic rings. The van der Waals surface area contributed by atoms with Gasteiger partial charge in [0.15, 0.2) is 17.5 Å². The van der Waals surface area contributed by atoms with Crippen LogP contribution < -0.4 is 0 Å². The molecule has 0 radical (unpaired) electrons. The summed E-state index contributed by atoms with van der Waals surface area (Å²) in [5, 5.41) is 34.7. The van der Waals surface area contributed by atoms with Crippen LogP contribution in [0.15, 0.2) is 479 Å². The van der Waals surface area contributed by atoms with Crippen LogP contribution in [-0.4, -0.2) is 29.9 Å². The largest absolute Gasteiger partial charge is 0.228 e. The molecule has 19 aromatic carbocycles.